The van der Waals surface area contributed by atoms with Crippen molar-refractivity contribution in [1.82, 2.24) is 20.4 Å². The standard InChI is InChI=1S/C23H30N4O2/c28-22(24-9-13-26-11-3-4-12-26)16-21-23(29)25-10-14-27(21)17-18-7-8-19-5-1-2-6-20(19)15-18/h1-2,5-8,15,21H,3-4,9-14,16-17H2,(H,24,28)(H,25,29)/t21-/m1/s1. The second-order valence-electron chi connectivity index (χ2n) is 8.06. The van der Waals surface area contributed by atoms with E-state index >= 15 is 0 Å². The Kier molecular flexibility index (Phi) is 6.42. The van der Waals surface area contributed by atoms with Crippen LogP contribution in [0.2, 0.25) is 0 Å². The molecule has 2 N–H and O–H groups in total. The van der Waals surface area contributed by atoms with Crippen LogP contribution in [0.15, 0.2) is 42.5 Å². The van der Waals surface area contributed by atoms with Crippen LogP contribution >= 0.6 is 0 Å². The van der Waals surface area contributed by atoms with Gasteiger partial charge in [-0.3, -0.25) is 14.5 Å². The lowest BCUT2D eigenvalue weighted by Gasteiger charge is -2.34. The number of hydrogen-bond donors (Lipinski definition) is 2. The van der Waals surface area contributed by atoms with Gasteiger partial charge in [-0.2, -0.15) is 0 Å². The van der Waals surface area contributed by atoms with Crippen LogP contribution in [0.5, 0.6) is 0 Å². The molecule has 2 aliphatic heterocycles. The van der Waals surface area contributed by atoms with Gasteiger partial charge in [-0.1, -0.05) is 36.4 Å². The maximum absolute atomic E-state index is 12.5. The largest absolute Gasteiger partial charge is 0.355 e. The second-order valence-corrected chi connectivity index (χ2v) is 8.06. The van der Waals surface area contributed by atoms with Crippen LogP contribution in [0, 0.1) is 0 Å². The van der Waals surface area contributed by atoms with E-state index in [1.165, 1.54) is 23.6 Å². The van der Waals surface area contributed by atoms with Gasteiger partial charge in [0.25, 0.3) is 0 Å². The third-order valence-corrected chi connectivity index (χ3v) is 5.97. The van der Waals surface area contributed by atoms with Gasteiger partial charge in [0, 0.05) is 32.7 Å². The highest BCUT2D eigenvalue weighted by Crippen LogP contribution is 2.19. The zero-order chi connectivity index (χ0) is 20.1. The first-order chi connectivity index (χ1) is 14.2. The van der Waals surface area contributed by atoms with Gasteiger partial charge in [0.15, 0.2) is 0 Å². The lowest BCUT2D eigenvalue weighted by molar-refractivity contribution is -0.134. The van der Waals surface area contributed by atoms with Crippen molar-refractivity contribution in [3.63, 3.8) is 0 Å². The summed E-state index contributed by atoms with van der Waals surface area (Å²) in [5.41, 5.74) is 1.16. The van der Waals surface area contributed by atoms with Crippen LogP contribution in [0.3, 0.4) is 0 Å². The van der Waals surface area contributed by atoms with Crippen molar-refractivity contribution in [3.05, 3.63) is 48.0 Å². The summed E-state index contributed by atoms with van der Waals surface area (Å²) in [6, 6.07) is 14.3. The van der Waals surface area contributed by atoms with Gasteiger partial charge >= 0.3 is 0 Å². The Labute approximate surface area is 172 Å². The Bertz CT molecular complexity index is 863. The summed E-state index contributed by atoms with van der Waals surface area (Å²) >= 11 is 0. The van der Waals surface area contributed by atoms with Crippen molar-refractivity contribution in [1.29, 1.82) is 0 Å². The molecule has 2 saturated heterocycles. The molecule has 1 atom stereocenters. The molecule has 6 nitrogen and oxygen atoms in total. The van der Waals surface area contributed by atoms with Gasteiger partial charge in [-0.15, -0.1) is 0 Å². The van der Waals surface area contributed by atoms with Gasteiger partial charge < -0.3 is 15.5 Å². The van der Waals surface area contributed by atoms with Crippen molar-refractivity contribution in [2.24, 2.45) is 0 Å². The molecule has 2 aromatic carbocycles. The molecule has 6 heteroatoms. The Morgan fingerprint density at radius 1 is 1.07 bits per heavy atom. The molecule has 2 heterocycles. The van der Waals surface area contributed by atoms with Crippen LogP contribution < -0.4 is 10.6 Å². The minimum atomic E-state index is -0.415. The molecule has 0 unspecified atom stereocenters. The first-order valence-corrected chi connectivity index (χ1v) is 10.7. The maximum atomic E-state index is 12.5. The average molecular weight is 395 g/mol. The highest BCUT2D eigenvalue weighted by Gasteiger charge is 2.31. The molecule has 0 aromatic heterocycles. The Hall–Kier alpha value is -2.44. The van der Waals surface area contributed by atoms with Gasteiger partial charge in [0.2, 0.25) is 11.8 Å². The number of likely N-dealkylation sites (tertiary alicyclic amines) is 1. The van der Waals surface area contributed by atoms with E-state index in [9.17, 15) is 9.59 Å². The van der Waals surface area contributed by atoms with Gasteiger partial charge in [0.1, 0.15) is 0 Å². The van der Waals surface area contributed by atoms with Crippen LogP contribution in [0.4, 0.5) is 0 Å². The smallest absolute Gasteiger partial charge is 0.237 e. The fourth-order valence-corrected chi connectivity index (χ4v) is 4.35. The topological polar surface area (TPSA) is 64.7 Å². The molecule has 0 radical (unpaired) electrons. The molecule has 29 heavy (non-hydrogen) atoms. The molecule has 2 fully saturated rings. The number of hydrogen-bond acceptors (Lipinski definition) is 4. The second kappa shape index (κ2) is 9.37. The van der Waals surface area contributed by atoms with E-state index in [-0.39, 0.29) is 18.2 Å². The predicted octanol–water partition coefficient (Wildman–Crippen LogP) is 1.74. The fraction of sp³-hybridized carbons (Fsp3) is 0.478. The molecule has 2 aliphatic rings. The van der Waals surface area contributed by atoms with Crippen molar-refractivity contribution in [2.75, 3.05) is 39.3 Å². The number of nitrogens with one attached hydrogen (secondary N) is 2. The molecule has 154 valence electrons. The first kappa shape index (κ1) is 19.9. The van der Waals surface area contributed by atoms with Crippen LogP contribution in [0.25, 0.3) is 10.8 Å². The summed E-state index contributed by atoms with van der Waals surface area (Å²) in [6.45, 7) is 5.84. The summed E-state index contributed by atoms with van der Waals surface area (Å²) in [6.07, 6.45) is 2.71. The molecule has 2 amide bonds. The van der Waals surface area contributed by atoms with Crippen LogP contribution in [-0.2, 0) is 16.1 Å². The third-order valence-electron chi connectivity index (χ3n) is 5.97. The zero-order valence-electron chi connectivity index (χ0n) is 16.9. The SMILES string of the molecule is O=C(C[C@@H]1C(=O)NCCN1Cc1ccc2ccccc2c1)NCCN1CCCC1. The number of nitrogens with zero attached hydrogens (tertiary/aromatic N) is 2. The van der Waals surface area contributed by atoms with E-state index in [4.69, 9.17) is 0 Å². The summed E-state index contributed by atoms with van der Waals surface area (Å²) < 4.78 is 0. The average Bonchev–Trinajstić information content (AvgIpc) is 3.24. The molecule has 0 aliphatic carbocycles. The number of carbonyl (C=O) groups is 2. The van der Waals surface area contributed by atoms with Crippen molar-refractivity contribution < 1.29 is 9.59 Å². The van der Waals surface area contributed by atoms with Crippen molar-refractivity contribution in [2.45, 2.75) is 31.8 Å². The van der Waals surface area contributed by atoms with Crippen molar-refractivity contribution >= 4 is 22.6 Å². The predicted molar refractivity (Wildman–Crippen MR) is 114 cm³/mol. The zero-order valence-corrected chi connectivity index (χ0v) is 16.9. The van der Waals surface area contributed by atoms with Crippen molar-refractivity contribution in [3.8, 4) is 0 Å². The number of amides is 2. The van der Waals surface area contributed by atoms with E-state index in [1.54, 1.807) is 0 Å². The van der Waals surface area contributed by atoms with Gasteiger partial charge in [-0.25, -0.2) is 0 Å². The molecule has 2 aromatic rings. The summed E-state index contributed by atoms with van der Waals surface area (Å²) in [5.74, 6) is -0.0958. The van der Waals surface area contributed by atoms with E-state index in [2.05, 4.69) is 50.8 Å². The number of fused-ring (bicyclic) bond motifs is 1. The number of piperazine rings is 1. The third kappa shape index (κ3) is 5.14. The summed E-state index contributed by atoms with van der Waals surface area (Å²) in [4.78, 5) is 29.5. The molecule has 0 saturated carbocycles. The van der Waals surface area contributed by atoms with E-state index in [0.29, 0.717) is 19.6 Å². The lowest BCUT2D eigenvalue weighted by Crippen LogP contribution is -2.56. The highest BCUT2D eigenvalue weighted by molar-refractivity contribution is 5.89. The number of benzene rings is 2. The van der Waals surface area contributed by atoms with E-state index in [0.717, 1.165) is 31.7 Å². The van der Waals surface area contributed by atoms with Crippen LogP contribution in [-0.4, -0.2) is 66.9 Å². The van der Waals surface area contributed by atoms with Gasteiger partial charge in [0.05, 0.1) is 12.5 Å². The van der Waals surface area contributed by atoms with Crippen LogP contribution in [0.1, 0.15) is 24.8 Å². The van der Waals surface area contributed by atoms with Gasteiger partial charge in [-0.05, 0) is 48.3 Å². The number of carbonyl (C=O) groups excluding carboxylic acids is 2. The molecular weight excluding hydrogens is 364 g/mol. The molecule has 0 bridgehead atoms. The normalized spacial score (nSPS) is 20.7. The molecule has 4 rings (SSSR count). The number of rotatable bonds is 7. The monoisotopic (exact) mass is 394 g/mol. The van der Waals surface area contributed by atoms with E-state index in [1.807, 2.05) is 12.1 Å². The summed E-state index contributed by atoms with van der Waals surface area (Å²) in [5, 5.41) is 8.32. The highest BCUT2D eigenvalue weighted by atomic mass is 16.2. The first-order valence-electron chi connectivity index (χ1n) is 10.7. The quantitative estimate of drug-likeness (QED) is 0.751. The van der Waals surface area contributed by atoms with E-state index < -0.39 is 6.04 Å². The minimum Gasteiger partial charge on any atom is -0.355 e. The fourth-order valence-electron chi connectivity index (χ4n) is 4.35. The molecule has 0 spiro atoms. The minimum absolute atomic E-state index is 0.0465. The molecular formula is C23H30N4O2. The summed E-state index contributed by atoms with van der Waals surface area (Å²) in [7, 11) is 0. The lowest BCUT2D eigenvalue weighted by atomic mass is 10.0. The maximum Gasteiger partial charge on any atom is 0.237 e. The Morgan fingerprint density at radius 3 is 2.69 bits per heavy atom. The Balaban J connectivity index is 1.35. The Morgan fingerprint density at radius 2 is 1.86 bits per heavy atom.